The fourth-order valence-electron chi connectivity index (χ4n) is 0.396. The predicted octanol–water partition coefficient (Wildman–Crippen LogP) is 2.48. The van der Waals surface area contributed by atoms with Crippen LogP contribution < -0.4 is 0 Å². The van der Waals surface area contributed by atoms with Crippen molar-refractivity contribution in [2.45, 2.75) is 20.3 Å². The van der Waals surface area contributed by atoms with Gasteiger partial charge in [0.05, 0.1) is 0 Å². The van der Waals surface area contributed by atoms with Gasteiger partial charge >= 0.3 is 0 Å². The molecule has 0 nitrogen and oxygen atoms in total. The monoisotopic (exact) mass is 119 g/mol. The maximum Gasteiger partial charge on any atom is 0.0254 e. The predicted molar refractivity (Wildman–Crippen MR) is 34.5 cm³/mol. The van der Waals surface area contributed by atoms with Gasteiger partial charge < -0.3 is 0 Å². The number of hydrogen-bond donors (Lipinski definition) is 0. The first-order valence-corrected chi connectivity index (χ1v) is 3.18. The minimum Gasteiger partial charge on any atom is -0.126 e. The van der Waals surface area contributed by atoms with Gasteiger partial charge in [0.15, 0.2) is 0 Å². The van der Waals surface area contributed by atoms with Crippen LogP contribution in [-0.4, -0.2) is 5.88 Å². The second-order valence-corrected chi connectivity index (χ2v) is 2.38. The van der Waals surface area contributed by atoms with Crippen molar-refractivity contribution < 1.29 is 0 Å². The molecule has 0 amide bonds. The van der Waals surface area contributed by atoms with Crippen molar-refractivity contribution in [3.8, 4) is 0 Å². The Morgan fingerprint density at radius 3 is 2.29 bits per heavy atom. The van der Waals surface area contributed by atoms with Gasteiger partial charge in [-0.1, -0.05) is 13.8 Å². The maximum absolute atomic E-state index is 5.39. The Labute approximate surface area is 50.9 Å². The van der Waals surface area contributed by atoms with Gasteiger partial charge in [0.2, 0.25) is 0 Å². The molecule has 0 unspecified atom stereocenters. The summed E-state index contributed by atoms with van der Waals surface area (Å²) in [5, 5.41) is 0. The average Bonchev–Trinajstić information content (AvgIpc) is 1.61. The van der Waals surface area contributed by atoms with E-state index in [0.717, 1.165) is 12.3 Å². The molecule has 0 aromatic carbocycles. The summed E-state index contributed by atoms with van der Waals surface area (Å²) in [6.45, 7) is 4.37. The maximum atomic E-state index is 5.39. The van der Waals surface area contributed by atoms with Crippen molar-refractivity contribution in [3.05, 3.63) is 6.42 Å². The van der Waals surface area contributed by atoms with Crippen LogP contribution in [0.2, 0.25) is 0 Å². The summed E-state index contributed by atoms with van der Waals surface area (Å²) in [6, 6.07) is 0. The summed E-state index contributed by atoms with van der Waals surface area (Å²) in [5.74, 6) is 1.46. The second-order valence-electron chi connectivity index (χ2n) is 2.07. The van der Waals surface area contributed by atoms with Crippen molar-refractivity contribution in [1.29, 1.82) is 0 Å². The highest BCUT2D eigenvalue weighted by molar-refractivity contribution is 6.18. The summed E-state index contributed by atoms with van der Waals surface area (Å²) < 4.78 is 0. The Morgan fingerprint density at radius 1 is 1.57 bits per heavy atom. The van der Waals surface area contributed by atoms with Gasteiger partial charge in [-0.2, -0.15) is 0 Å². The molecule has 0 rings (SSSR count). The summed E-state index contributed by atoms with van der Waals surface area (Å²) >= 11 is 5.39. The molecule has 7 heavy (non-hydrogen) atoms. The lowest BCUT2D eigenvalue weighted by Crippen LogP contribution is -1.86. The smallest absolute Gasteiger partial charge is 0.0254 e. The largest absolute Gasteiger partial charge is 0.126 e. The Bertz CT molecular complexity index is 33.2. The zero-order valence-electron chi connectivity index (χ0n) is 4.95. The average molecular weight is 120 g/mol. The molecule has 0 aromatic rings. The molecule has 0 aliphatic rings. The third-order valence-electron chi connectivity index (χ3n) is 0.747. The Morgan fingerprint density at radius 2 is 2.14 bits per heavy atom. The van der Waals surface area contributed by atoms with Gasteiger partial charge in [0.1, 0.15) is 0 Å². The first-order chi connectivity index (χ1) is 3.27. The Balaban J connectivity index is 2.68. The molecule has 0 saturated heterocycles. The summed E-state index contributed by atoms with van der Waals surface area (Å²) in [5.41, 5.74) is 0. The normalized spacial score (nSPS) is 10.3. The van der Waals surface area contributed by atoms with Gasteiger partial charge in [0, 0.05) is 5.88 Å². The molecule has 0 atom stereocenters. The molecular formula is C6H12Cl. The van der Waals surface area contributed by atoms with Crippen LogP contribution in [-0.2, 0) is 0 Å². The molecule has 0 aliphatic carbocycles. The molecule has 0 fully saturated rings. The van der Waals surface area contributed by atoms with Gasteiger partial charge in [-0.15, -0.1) is 11.6 Å². The van der Waals surface area contributed by atoms with Crippen LogP contribution in [0, 0.1) is 12.3 Å². The Kier molecular flexibility index (Phi) is 4.63. The summed E-state index contributed by atoms with van der Waals surface area (Å²) in [7, 11) is 0. The van der Waals surface area contributed by atoms with E-state index in [0.29, 0.717) is 5.88 Å². The van der Waals surface area contributed by atoms with Crippen LogP contribution in [0.25, 0.3) is 0 Å². The van der Waals surface area contributed by atoms with E-state index in [1.54, 1.807) is 0 Å². The zero-order chi connectivity index (χ0) is 5.70. The van der Waals surface area contributed by atoms with Crippen LogP contribution >= 0.6 is 11.6 Å². The summed E-state index contributed by atoms with van der Waals surface area (Å²) in [4.78, 5) is 0. The number of halogens is 1. The SMILES string of the molecule is CC(C)C[CH]CCl. The van der Waals surface area contributed by atoms with Crippen LogP contribution in [0.1, 0.15) is 20.3 Å². The highest BCUT2D eigenvalue weighted by Crippen LogP contribution is 2.01. The van der Waals surface area contributed by atoms with Crippen molar-refractivity contribution >= 4 is 11.6 Å². The van der Waals surface area contributed by atoms with Gasteiger partial charge in [-0.3, -0.25) is 0 Å². The van der Waals surface area contributed by atoms with Crippen molar-refractivity contribution in [2.24, 2.45) is 5.92 Å². The molecular weight excluding hydrogens is 108 g/mol. The molecule has 0 bridgehead atoms. The highest BCUT2D eigenvalue weighted by atomic mass is 35.5. The molecule has 1 heteroatoms. The van der Waals surface area contributed by atoms with Crippen LogP contribution in [0.3, 0.4) is 0 Å². The third kappa shape index (κ3) is 6.29. The number of rotatable bonds is 3. The van der Waals surface area contributed by atoms with Gasteiger partial charge in [-0.25, -0.2) is 0 Å². The van der Waals surface area contributed by atoms with Crippen molar-refractivity contribution in [2.75, 3.05) is 5.88 Å². The van der Waals surface area contributed by atoms with Crippen molar-refractivity contribution in [3.63, 3.8) is 0 Å². The van der Waals surface area contributed by atoms with E-state index < -0.39 is 0 Å². The van der Waals surface area contributed by atoms with Gasteiger partial charge in [-0.05, 0) is 18.8 Å². The van der Waals surface area contributed by atoms with E-state index in [1.165, 1.54) is 0 Å². The molecule has 0 aromatic heterocycles. The fraction of sp³-hybridized carbons (Fsp3) is 0.833. The van der Waals surface area contributed by atoms with Crippen LogP contribution in [0.5, 0.6) is 0 Å². The molecule has 43 valence electrons. The first kappa shape index (κ1) is 7.29. The quantitative estimate of drug-likeness (QED) is 0.501. The van der Waals surface area contributed by atoms with E-state index in [2.05, 4.69) is 20.3 Å². The Hall–Kier alpha value is 0.290. The molecule has 0 aliphatic heterocycles. The highest BCUT2D eigenvalue weighted by Gasteiger charge is 1.89. The van der Waals surface area contributed by atoms with Crippen LogP contribution in [0.4, 0.5) is 0 Å². The first-order valence-electron chi connectivity index (χ1n) is 2.65. The third-order valence-corrected chi connectivity index (χ3v) is 0.965. The standard InChI is InChI=1S/C6H12Cl/c1-6(2)4-3-5-7/h3,6H,4-5H2,1-2H3. The lowest BCUT2D eigenvalue weighted by Gasteiger charge is -1.97. The molecule has 0 saturated carbocycles. The van der Waals surface area contributed by atoms with Crippen LogP contribution in [0.15, 0.2) is 0 Å². The lowest BCUT2D eigenvalue weighted by atomic mass is 10.1. The lowest BCUT2D eigenvalue weighted by molar-refractivity contribution is 0.639. The number of hydrogen-bond acceptors (Lipinski definition) is 0. The van der Waals surface area contributed by atoms with E-state index >= 15 is 0 Å². The minimum atomic E-state index is 0.693. The van der Waals surface area contributed by atoms with E-state index in [9.17, 15) is 0 Å². The van der Waals surface area contributed by atoms with E-state index in [1.807, 2.05) is 0 Å². The molecule has 0 spiro atoms. The molecule has 0 N–H and O–H groups in total. The molecule has 1 radical (unpaired) electrons. The second kappa shape index (κ2) is 4.45. The topological polar surface area (TPSA) is 0 Å². The fourth-order valence-corrected chi connectivity index (χ4v) is 0.522. The minimum absolute atomic E-state index is 0.693. The van der Waals surface area contributed by atoms with E-state index in [-0.39, 0.29) is 0 Å². The van der Waals surface area contributed by atoms with E-state index in [4.69, 9.17) is 11.6 Å². The van der Waals surface area contributed by atoms with Crippen molar-refractivity contribution in [1.82, 2.24) is 0 Å². The summed E-state index contributed by atoms with van der Waals surface area (Å²) in [6.07, 6.45) is 3.23. The zero-order valence-corrected chi connectivity index (χ0v) is 5.70. The van der Waals surface area contributed by atoms with Gasteiger partial charge in [0.25, 0.3) is 0 Å². The number of alkyl halides is 1. The molecule has 0 heterocycles.